The highest BCUT2D eigenvalue weighted by atomic mass is 32.1. The van der Waals surface area contributed by atoms with E-state index in [1.807, 2.05) is 5.38 Å². The molecule has 6 nitrogen and oxygen atoms in total. The molecule has 3 heterocycles. The average Bonchev–Trinajstić information content (AvgIpc) is 3.33. The zero-order valence-corrected chi connectivity index (χ0v) is 19.4. The van der Waals surface area contributed by atoms with Crippen molar-refractivity contribution < 1.29 is 18.0 Å². The molecule has 0 radical (unpaired) electrons. The molecule has 0 atom stereocenters. The first kappa shape index (κ1) is 23.3. The number of aromatic nitrogens is 2. The Morgan fingerprint density at radius 1 is 1.00 bits per heavy atom. The standard InChI is InChI=1S/C25H21F3N4O2S/c26-25(27,28)18-7-5-17(6-8-18)20-3-1-2-4-21(20)23(34)31-11-9-30(10-12-31)16-19-15-22(33)32-13-14-35-24(32)29-19/h1-8,13-15H,9-12,16H2. The molecular formula is C25H21F3N4O2S. The Hall–Kier alpha value is -3.50. The maximum absolute atomic E-state index is 13.3. The minimum Gasteiger partial charge on any atom is -0.336 e. The van der Waals surface area contributed by atoms with E-state index in [0.717, 1.165) is 12.1 Å². The first-order valence-corrected chi connectivity index (χ1v) is 11.9. The van der Waals surface area contributed by atoms with Crippen LogP contribution in [0.2, 0.25) is 0 Å². The first-order chi connectivity index (χ1) is 16.8. The summed E-state index contributed by atoms with van der Waals surface area (Å²) in [5.74, 6) is -0.156. The van der Waals surface area contributed by atoms with Crippen LogP contribution in [-0.2, 0) is 12.7 Å². The van der Waals surface area contributed by atoms with Crippen LogP contribution in [-0.4, -0.2) is 51.3 Å². The molecule has 2 aromatic carbocycles. The molecule has 0 saturated carbocycles. The molecule has 1 aliphatic heterocycles. The fourth-order valence-corrected chi connectivity index (χ4v) is 4.98. The summed E-state index contributed by atoms with van der Waals surface area (Å²) in [4.78, 5) is 34.6. The molecular weight excluding hydrogens is 477 g/mol. The van der Waals surface area contributed by atoms with Crippen molar-refractivity contribution >= 4 is 22.2 Å². The predicted octanol–water partition coefficient (Wildman–Crippen LogP) is 4.40. The lowest BCUT2D eigenvalue weighted by molar-refractivity contribution is -0.137. The van der Waals surface area contributed by atoms with E-state index < -0.39 is 11.7 Å². The summed E-state index contributed by atoms with van der Waals surface area (Å²) in [5.41, 5.74) is 1.48. The topological polar surface area (TPSA) is 57.9 Å². The Morgan fingerprint density at radius 2 is 1.71 bits per heavy atom. The van der Waals surface area contributed by atoms with Crippen LogP contribution in [0.4, 0.5) is 13.2 Å². The van der Waals surface area contributed by atoms with Crippen LogP contribution in [0, 0.1) is 0 Å². The van der Waals surface area contributed by atoms with Gasteiger partial charge < -0.3 is 4.90 Å². The van der Waals surface area contributed by atoms with Crippen LogP contribution < -0.4 is 5.56 Å². The number of halogens is 3. The fourth-order valence-electron chi connectivity index (χ4n) is 4.24. The van der Waals surface area contributed by atoms with E-state index in [0.29, 0.717) is 60.1 Å². The van der Waals surface area contributed by atoms with Gasteiger partial charge in [-0.25, -0.2) is 4.98 Å². The molecule has 4 aromatic rings. The van der Waals surface area contributed by atoms with Gasteiger partial charge in [0.2, 0.25) is 0 Å². The largest absolute Gasteiger partial charge is 0.416 e. The van der Waals surface area contributed by atoms with Gasteiger partial charge in [0.1, 0.15) is 0 Å². The fraction of sp³-hybridized carbons (Fsp3) is 0.240. The number of carbonyl (C=O) groups excluding carboxylic acids is 1. The van der Waals surface area contributed by atoms with Crippen LogP contribution >= 0.6 is 11.3 Å². The predicted molar refractivity (Wildman–Crippen MR) is 127 cm³/mol. The SMILES string of the molecule is O=C(c1ccccc1-c1ccc(C(F)(F)F)cc1)N1CCN(Cc2cc(=O)n3ccsc3n2)CC1. The van der Waals surface area contributed by atoms with E-state index in [2.05, 4.69) is 9.88 Å². The monoisotopic (exact) mass is 498 g/mol. The molecule has 5 rings (SSSR count). The molecule has 0 aliphatic carbocycles. The highest BCUT2D eigenvalue weighted by Gasteiger charge is 2.30. The highest BCUT2D eigenvalue weighted by Crippen LogP contribution is 2.32. The number of carbonyl (C=O) groups is 1. The number of hydrogen-bond acceptors (Lipinski definition) is 5. The van der Waals surface area contributed by atoms with Crippen molar-refractivity contribution in [3.8, 4) is 11.1 Å². The Balaban J connectivity index is 1.28. The molecule has 2 aromatic heterocycles. The molecule has 1 aliphatic rings. The number of benzene rings is 2. The lowest BCUT2D eigenvalue weighted by atomic mass is 9.97. The number of thiazole rings is 1. The molecule has 0 spiro atoms. The zero-order valence-electron chi connectivity index (χ0n) is 18.5. The van der Waals surface area contributed by atoms with Crippen LogP contribution in [0.15, 0.2) is 71.0 Å². The van der Waals surface area contributed by atoms with E-state index in [9.17, 15) is 22.8 Å². The van der Waals surface area contributed by atoms with E-state index in [-0.39, 0.29) is 11.5 Å². The second-order valence-electron chi connectivity index (χ2n) is 8.33. The summed E-state index contributed by atoms with van der Waals surface area (Å²) < 4.78 is 40.3. The second-order valence-corrected chi connectivity index (χ2v) is 9.20. The van der Waals surface area contributed by atoms with Crippen molar-refractivity contribution in [3.05, 3.63) is 93.3 Å². The quantitative estimate of drug-likeness (QED) is 0.419. The van der Waals surface area contributed by atoms with Crippen molar-refractivity contribution in [1.29, 1.82) is 0 Å². The second kappa shape index (κ2) is 9.27. The first-order valence-electron chi connectivity index (χ1n) is 11.0. The number of alkyl halides is 3. The van der Waals surface area contributed by atoms with Gasteiger partial charge in [0, 0.05) is 55.9 Å². The van der Waals surface area contributed by atoms with Gasteiger partial charge in [0.05, 0.1) is 11.3 Å². The number of amides is 1. The Bertz CT molecular complexity index is 1420. The maximum Gasteiger partial charge on any atom is 0.416 e. The van der Waals surface area contributed by atoms with Gasteiger partial charge in [-0.3, -0.25) is 18.9 Å². The van der Waals surface area contributed by atoms with Gasteiger partial charge in [-0.15, -0.1) is 11.3 Å². The number of rotatable bonds is 4. The Kier molecular flexibility index (Phi) is 6.16. The number of fused-ring (bicyclic) bond motifs is 1. The third-order valence-electron chi connectivity index (χ3n) is 6.08. The van der Waals surface area contributed by atoms with Crippen LogP contribution in [0.25, 0.3) is 16.1 Å². The van der Waals surface area contributed by atoms with E-state index in [1.54, 1.807) is 35.4 Å². The Morgan fingerprint density at radius 3 is 2.43 bits per heavy atom. The summed E-state index contributed by atoms with van der Waals surface area (Å²) in [7, 11) is 0. The third-order valence-corrected chi connectivity index (χ3v) is 6.84. The van der Waals surface area contributed by atoms with Crippen LogP contribution in [0.1, 0.15) is 21.6 Å². The number of piperazine rings is 1. The molecule has 180 valence electrons. The highest BCUT2D eigenvalue weighted by molar-refractivity contribution is 7.15. The van der Waals surface area contributed by atoms with Gasteiger partial charge in [-0.2, -0.15) is 13.2 Å². The molecule has 35 heavy (non-hydrogen) atoms. The minimum atomic E-state index is -4.41. The summed E-state index contributed by atoms with van der Waals surface area (Å²) in [5, 5.41) is 1.82. The Labute approximate surface area is 202 Å². The van der Waals surface area contributed by atoms with Crippen molar-refractivity contribution in [2.24, 2.45) is 0 Å². The maximum atomic E-state index is 13.3. The van der Waals surface area contributed by atoms with Crippen molar-refractivity contribution in [2.75, 3.05) is 26.2 Å². The summed E-state index contributed by atoms with van der Waals surface area (Å²) >= 11 is 1.41. The van der Waals surface area contributed by atoms with E-state index in [4.69, 9.17) is 0 Å². The van der Waals surface area contributed by atoms with Gasteiger partial charge in [0.25, 0.3) is 11.5 Å². The number of nitrogens with zero attached hydrogens (tertiary/aromatic N) is 4. The third kappa shape index (κ3) is 4.85. The molecule has 0 bridgehead atoms. The van der Waals surface area contributed by atoms with E-state index in [1.165, 1.54) is 33.9 Å². The van der Waals surface area contributed by atoms with Crippen molar-refractivity contribution in [3.63, 3.8) is 0 Å². The van der Waals surface area contributed by atoms with Gasteiger partial charge in [-0.05, 0) is 29.3 Å². The normalized spacial score (nSPS) is 15.0. The smallest absolute Gasteiger partial charge is 0.336 e. The molecule has 0 N–H and O–H groups in total. The number of hydrogen-bond donors (Lipinski definition) is 0. The summed E-state index contributed by atoms with van der Waals surface area (Å²) in [6.45, 7) is 2.77. The lowest BCUT2D eigenvalue weighted by Crippen LogP contribution is -2.48. The summed E-state index contributed by atoms with van der Waals surface area (Å²) in [6, 6.07) is 13.4. The lowest BCUT2D eigenvalue weighted by Gasteiger charge is -2.34. The molecule has 10 heteroatoms. The van der Waals surface area contributed by atoms with Gasteiger partial charge in [-0.1, -0.05) is 30.3 Å². The van der Waals surface area contributed by atoms with Crippen molar-refractivity contribution in [1.82, 2.24) is 19.2 Å². The molecule has 1 fully saturated rings. The van der Waals surface area contributed by atoms with Gasteiger partial charge in [0.15, 0.2) is 4.96 Å². The van der Waals surface area contributed by atoms with Crippen LogP contribution in [0.3, 0.4) is 0 Å². The van der Waals surface area contributed by atoms with E-state index >= 15 is 0 Å². The van der Waals surface area contributed by atoms with Crippen LogP contribution in [0.5, 0.6) is 0 Å². The van der Waals surface area contributed by atoms with Gasteiger partial charge >= 0.3 is 6.18 Å². The zero-order chi connectivity index (χ0) is 24.6. The average molecular weight is 499 g/mol. The molecule has 0 unspecified atom stereocenters. The minimum absolute atomic E-state index is 0.111. The summed E-state index contributed by atoms with van der Waals surface area (Å²) in [6.07, 6.45) is -2.71. The van der Waals surface area contributed by atoms with Crippen molar-refractivity contribution in [2.45, 2.75) is 12.7 Å². The molecule has 1 amide bonds. The molecule has 1 saturated heterocycles.